The highest BCUT2D eigenvalue weighted by Crippen LogP contribution is 2.23. The molecule has 3 rings (SSSR count). The fourth-order valence-corrected chi connectivity index (χ4v) is 2.42. The molecule has 0 aliphatic rings. The molecule has 2 heterocycles. The first-order valence-electron chi connectivity index (χ1n) is 8.09. The van der Waals surface area contributed by atoms with E-state index in [2.05, 4.69) is 20.1 Å². The van der Waals surface area contributed by atoms with Gasteiger partial charge in [0.1, 0.15) is 5.82 Å². The van der Waals surface area contributed by atoms with Crippen LogP contribution in [0, 0.1) is 17.0 Å². The molecule has 0 spiro atoms. The summed E-state index contributed by atoms with van der Waals surface area (Å²) >= 11 is 0. The molecule has 0 saturated heterocycles. The third-order valence-corrected chi connectivity index (χ3v) is 3.75. The summed E-state index contributed by atoms with van der Waals surface area (Å²) in [5, 5.41) is 14.9. The van der Waals surface area contributed by atoms with Crippen molar-refractivity contribution in [3.63, 3.8) is 0 Å². The number of non-ortho nitro benzene ring substituents is 1. The lowest BCUT2D eigenvalue weighted by Crippen LogP contribution is -2.18. The van der Waals surface area contributed by atoms with E-state index in [1.165, 1.54) is 12.1 Å². The van der Waals surface area contributed by atoms with E-state index in [0.717, 1.165) is 5.69 Å². The van der Waals surface area contributed by atoms with Crippen molar-refractivity contribution in [1.82, 2.24) is 20.1 Å². The molecule has 0 fully saturated rings. The number of benzene rings is 1. The first-order chi connectivity index (χ1) is 12.5. The second-order valence-electron chi connectivity index (χ2n) is 5.81. The maximum Gasteiger partial charge on any atom is 0.270 e. The average Bonchev–Trinajstić information content (AvgIpc) is 3.09. The monoisotopic (exact) mass is 354 g/mol. The third-order valence-electron chi connectivity index (χ3n) is 3.75. The molecule has 0 aliphatic heterocycles. The standard InChI is InChI=1S/C17H18N6O3/c1-4-14-19-16(26-21-14)10-22(3)15-8-11(2)18-17(20-15)12-6-5-7-13(9-12)23(24)25/h5-9H,4,10H2,1-3H3. The first-order valence-corrected chi connectivity index (χ1v) is 8.09. The molecule has 9 heteroatoms. The number of nitro groups is 1. The Balaban J connectivity index is 1.89. The van der Waals surface area contributed by atoms with Gasteiger partial charge >= 0.3 is 0 Å². The second kappa shape index (κ2) is 7.26. The van der Waals surface area contributed by atoms with Crippen LogP contribution >= 0.6 is 0 Å². The van der Waals surface area contributed by atoms with Gasteiger partial charge in [0.05, 0.1) is 11.5 Å². The van der Waals surface area contributed by atoms with E-state index in [9.17, 15) is 10.1 Å². The lowest BCUT2D eigenvalue weighted by atomic mass is 10.2. The maximum atomic E-state index is 11.0. The lowest BCUT2D eigenvalue weighted by molar-refractivity contribution is -0.384. The van der Waals surface area contributed by atoms with Crippen LogP contribution in [0.15, 0.2) is 34.9 Å². The van der Waals surface area contributed by atoms with Crippen molar-refractivity contribution in [2.75, 3.05) is 11.9 Å². The minimum atomic E-state index is -0.437. The highest BCUT2D eigenvalue weighted by Gasteiger charge is 2.14. The van der Waals surface area contributed by atoms with Crippen LogP contribution in [0.5, 0.6) is 0 Å². The van der Waals surface area contributed by atoms with Crippen LogP contribution < -0.4 is 4.90 Å². The summed E-state index contributed by atoms with van der Waals surface area (Å²) in [7, 11) is 1.86. The minimum absolute atomic E-state index is 0.000431. The molecule has 0 N–H and O–H groups in total. The number of anilines is 1. The summed E-state index contributed by atoms with van der Waals surface area (Å²) in [6, 6.07) is 8.10. The van der Waals surface area contributed by atoms with Gasteiger partial charge in [-0.2, -0.15) is 4.98 Å². The van der Waals surface area contributed by atoms with E-state index in [1.54, 1.807) is 12.1 Å². The summed E-state index contributed by atoms with van der Waals surface area (Å²) in [5.41, 5.74) is 1.34. The Morgan fingerprint density at radius 2 is 2.04 bits per heavy atom. The van der Waals surface area contributed by atoms with E-state index in [-0.39, 0.29) is 5.69 Å². The van der Waals surface area contributed by atoms with Gasteiger partial charge in [-0.25, -0.2) is 9.97 Å². The van der Waals surface area contributed by atoms with Crippen molar-refractivity contribution in [2.45, 2.75) is 26.8 Å². The lowest BCUT2D eigenvalue weighted by Gasteiger charge is -2.17. The molecule has 0 unspecified atom stereocenters. The predicted octanol–water partition coefficient (Wildman–Crippen LogP) is 2.94. The Kier molecular flexibility index (Phi) is 4.87. The molecule has 2 aromatic heterocycles. The zero-order valence-corrected chi connectivity index (χ0v) is 14.7. The van der Waals surface area contributed by atoms with Gasteiger partial charge in [-0.3, -0.25) is 10.1 Å². The number of nitro benzene ring substituents is 1. The Bertz CT molecular complexity index is 940. The van der Waals surface area contributed by atoms with Crippen molar-refractivity contribution in [3.8, 4) is 11.4 Å². The minimum Gasteiger partial charge on any atom is -0.350 e. The largest absolute Gasteiger partial charge is 0.350 e. The molecule has 134 valence electrons. The first kappa shape index (κ1) is 17.5. The van der Waals surface area contributed by atoms with Crippen molar-refractivity contribution in [2.24, 2.45) is 0 Å². The SMILES string of the molecule is CCc1noc(CN(C)c2cc(C)nc(-c3cccc([N+](=O)[O-])c3)n2)n1. The van der Waals surface area contributed by atoms with Crippen LogP contribution in [0.4, 0.5) is 11.5 Å². The maximum absolute atomic E-state index is 11.0. The van der Waals surface area contributed by atoms with Gasteiger partial charge in [0.25, 0.3) is 5.69 Å². The number of aryl methyl sites for hydroxylation is 2. The molecule has 0 atom stereocenters. The summed E-state index contributed by atoms with van der Waals surface area (Å²) < 4.78 is 5.21. The molecular weight excluding hydrogens is 336 g/mol. The molecule has 9 nitrogen and oxygen atoms in total. The molecule has 0 radical (unpaired) electrons. The summed E-state index contributed by atoms with van der Waals surface area (Å²) in [4.78, 5) is 25.6. The molecule has 0 bridgehead atoms. The van der Waals surface area contributed by atoms with Gasteiger partial charge in [-0.05, 0) is 6.92 Å². The number of nitrogens with zero attached hydrogens (tertiary/aromatic N) is 6. The van der Waals surface area contributed by atoms with Gasteiger partial charge in [0.15, 0.2) is 11.6 Å². The van der Waals surface area contributed by atoms with Crippen molar-refractivity contribution < 1.29 is 9.45 Å². The summed E-state index contributed by atoms with van der Waals surface area (Å²) in [6.07, 6.45) is 0.705. The number of hydrogen-bond acceptors (Lipinski definition) is 8. The molecule has 3 aromatic rings. The Hall–Kier alpha value is -3.36. The fourth-order valence-electron chi connectivity index (χ4n) is 2.42. The van der Waals surface area contributed by atoms with Gasteiger partial charge in [-0.1, -0.05) is 24.2 Å². The molecule has 26 heavy (non-hydrogen) atoms. The van der Waals surface area contributed by atoms with E-state index >= 15 is 0 Å². The molecule has 1 aromatic carbocycles. The third kappa shape index (κ3) is 3.82. The molecule has 0 amide bonds. The highest BCUT2D eigenvalue weighted by atomic mass is 16.6. The zero-order valence-electron chi connectivity index (χ0n) is 14.7. The normalized spacial score (nSPS) is 10.7. The van der Waals surface area contributed by atoms with E-state index in [0.29, 0.717) is 41.9 Å². The molecular formula is C17H18N6O3. The van der Waals surface area contributed by atoms with Crippen LogP contribution in [0.2, 0.25) is 0 Å². The van der Waals surface area contributed by atoms with Crippen molar-refractivity contribution >= 4 is 11.5 Å². The van der Waals surface area contributed by atoms with Crippen molar-refractivity contribution in [1.29, 1.82) is 0 Å². The van der Waals surface area contributed by atoms with Gasteiger partial charge in [-0.15, -0.1) is 0 Å². The second-order valence-corrected chi connectivity index (χ2v) is 5.81. The van der Waals surface area contributed by atoms with Crippen LogP contribution in [0.3, 0.4) is 0 Å². The highest BCUT2D eigenvalue weighted by molar-refractivity contribution is 5.61. The topological polar surface area (TPSA) is 111 Å². The van der Waals surface area contributed by atoms with Crippen molar-refractivity contribution in [3.05, 3.63) is 57.9 Å². The van der Waals surface area contributed by atoms with Crippen LogP contribution in [-0.2, 0) is 13.0 Å². The quantitative estimate of drug-likeness (QED) is 0.491. The Labute approximate surface area is 149 Å². The number of aromatic nitrogens is 4. The fraction of sp³-hybridized carbons (Fsp3) is 0.294. The van der Waals surface area contributed by atoms with E-state index < -0.39 is 4.92 Å². The van der Waals surface area contributed by atoms with E-state index in [4.69, 9.17) is 4.52 Å². The Morgan fingerprint density at radius 1 is 1.23 bits per heavy atom. The van der Waals surface area contributed by atoms with Gasteiger partial charge in [0.2, 0.25) is 5.89 Å². The van der Waals surface area contributed by atoms with Crippen LogP contribution in [-0.4, -0.2) is 32.1 Å². The number of rotatable bonds is 6. The Morgan fingerprint density at radius 3 is 2.73 bits per heavy atom. The smallest absolute Gasteiger partial charge is 0.270 e. The zero-order chi connectivity index (χ0) is 18.7. The van der Waals surface area contributed by atoms with Gasteiger partial charge in [0, 0.05) is 42.9 Å². The summed E-state index contributed by atoms with van der Waals surface area (Å²) in [5.74, 6) is 2.24. The van der Waals surface area contributed by atoms with Gasteiger partial charge < -0.3 is 9.42 Å². The molecule has 0 aliphatic carbocycles. The number of hydrogen-bond donors (Lipinski definition) is 0. The average molecular weight is 354 g/mol. The molecule has 0 saturated carbocycles. The van der Waals surface area contributed by atoms with E-state index in [1.807, 2.05) is 31.9 Å². The summed E-state index contributed by atoms with van der Waals surface area (Å²) in [6.45, 7) is 4.21. The van der Waals surface area contributed by atoms with Crippen LogP contribution in [0.1, 0.15) is 24.3 Å². The predicted molar refractivity (Wildman–Crippen MR) is 94.6 cm³/mol. The van der Waals surface area contributed by atoms with Crippen LogP contribution in [0.25, 0.3) is 11.4 Å².